The summed E-state index contributed by atoms with van der Waals surface area (Å²) in [5.74, 6) is 1.67. The molecule has 3 atom stereocenters. The zero-order valence-corrected chi connectivity index (χ0v) is 14.3. The van der Waals surface area contributed by atoms with Gasteiger partial charge in [0.05, 0.1) is 0 Å². The molecule has 0 aromatic heterocycles. The van der Waals surface area contributed by atoms with Gasteiger partial charge in [-0.05, 0) is 41.2 Å². The fourth-order valence-corrected chi connectivity index (χ4v) is 4.27. The highest BCUT2D eigenvalue weighted by Crippen LogP contribution is 2.44. The third kappa shape index (κ3) is 3.24. The van der Waals surface area contributed by atoms with Crippen molar-refractivity contribution in [1.29, 1.82) is 0 Å². The summed E-state index contributed by atoms with van der Waals surface area (Å²) in [7, 11) is 0. The molecule has 19 heavy (non-hydrogen) atoms. The lowest BCUT2D eigenvalue weighted by molar-refractivity contribution is 0.414. The molecular weight excluding hydrogens is 296 g/mol. The molecule has 1 fully saturated rings. The van der Waals surface area contributed by atoms with Gasteiger partial charge in [-0.15, -0.1) is 0 Å². The van der Waals surface area contributed by atoms with Crippen LogP contribution in [0, 0.1) is 11.8 Å². The van der Waals surface area contributed by atoms with Crippen molar-refractivity contribution in [2.75, 3.05) is 0 Å². The SMILES string of the molecule is CCC(C)(C)c1ccc(C(Br)C2CCCC2C)cc1. The van der Waals surface area contributed by atoms with Gasteiger partial charge in [0.1, 0.15) is 0 Å². The second-order valence-corrected chi connectivity index (χ2v) is 7.82. The molecule has 0 bridgehead atoms. The van der Waals surface area contributed by atoms with Crippen LogP contribution in [0.25, 0.3) is 0 Å². The van der Waals surface area contributed by atoms with E-state index in [9.17, 15) is 0 Å². The van der Waals surface area contributed by atoms with E-state index in [0.717, 1.165) is 11.8 Å². The molecule has 0 amide bonds. The third-order valence-corrected chi connectivity index (χ3v) is 6.41. The van der Waals surface area contributed by atoms with Crippen LogP contribution in [0.5, 0.6) is 0 Å². The van der Waals surface area contributed by atoms with Crippen molar-refractivity contribution >= 4 is 15.9 Å². The molecule has 1 heteroatoms. The summed E-state index contributed by atoms with van der Waals surface area (Å²) in [6.45, 7) is 9.32. The number of hydrogen-bond donors (Lipinski definition) is 0. The number of benzene rings is 1. The fourth-order valence-electron chi connectivity index (χ4n) is 3.18. The predicted octanol–water partition coefficient (Wildman–Crippen LogP) is 6.25. The molecule has 2 rings (SSSR count). The average molecular weight is 323 g/mol. The van der Waals surface area contributed by atoms with E-state index in [2.05, 4.69) is 67.9 Å². The van der Waals surface area contributed by atoms with Crippen molar-refractivity contribution in [3.63, 3.8) is 0 Å². The first-order chi connectivity index (χ1) is 8.95. The zero-order valence-electron chi connectivity index (χ0n) is 12.7. The van der Waals surface area contributed by atoms with Gasteiger partial charge in [-0.2, -0.15) is 0 Å². The van der Waals surface area contributed by atoms with Gasteiger partial charge in [0, 0.05) is 4.83 Å². The maximum atomic E-state index is 3.95. The van der Waals surface area contributed by atoms with Gasteiger partial charge in [0.2, 0.25) is 0 Å². The smallest absolute Gasteiger partial charge is 0.0426 e. The van der Waals surface area contributed by atoms with Crippen LogP contribution in [-0.4, -0.2) is 0 Å². The minimum atomic E-state index is 0.293. The Balaban J connectivity index is 2.14. The summed E-state index contributed by atoms with van der Waals surface area (Å²) in [6.07, 6.45) is 5.35. The molecule has 0 radical (unpaired) electrons. The number of rotatable bonds is 4. The van der Waals surface area contributed by atoms with Gasteiger partial charge < -0.3 is 0 Å². The molecule has 1 aliphatic carbocycles. The summed E-state index contributed by atoms with van der Waals surface area (Å²) in [6, 6.07) is 9.31. The monoisotopic (exact) mass is 322 g/mol. The Morgan fingerprint density at radius 1 is 1.21 bits per heavy atom. The van der Waals surface area contributed by atoms with Gasteiger partial charge in [-0.25, -0.2) is 0 Å². The molecule has 0 aliphatic heterocycles. The molecule has 1 aliphatic rings. The van der Waals surface area contributed by atoms with Gasteiger partial charge in [0.15, 0.2) is 0 Å². The molecule has 1 aromatic rings. The van der Waals surface area contributed by atoms with Crippen molar-refractivity contribution in [3.05, 3.63) is 35.4 Å². The lowest BCUT2D eigenvalue weighted by Gasteiger charge is -2.25. The Hall–Kier alpha value is -0.300. The quantitative estimate of drug-likeness (QED) is 0.575. The summed E-state index contributed by atoms with van der Waals surface area (Å²) >= 11 is 3.95. The Morgan fingerprint density at radius 3 is 2.32 bits per heavy atom. The van der Waals surface area contributed by atoms with Crippen LogP contribution in [0.4, 0.5) is 0 Å². The van der Waals surface area contributed by atoms with E-state index in [1.54, 1.807) is 0 Å². The van der Waals surface area contributed by atoms with Gasteiger partial charge in [0.25, 0.3) is 0 Å². The van der Waals surface area contributed by atoms with Crippen LogP contribution >= 0.6 is 15.9 Å². The molecule has 0 saturated heterocycles. The Morgan fingerprint density at radius 2 is 1.84 bits per heavy atom. The van der Waals surface area contributed by atoms with Crippen molar-refractivity contribution < 1.29 is 0 Å². The molecule has 0 N–H and O–H groups in total. The first kappa shape index (κ1) is 15.1. The third-order valence-electron chi connectivity index (χ3n) is 5.20. The second-order valence-electron chi connectivity index (χ2n) is 6.83. The number of alkyl halides is 1. The van der Waals surface area contributed by atoms with Crippen LogP contribution < -0.4 is 0 Å². The fraction of sp³-hybridized carbons (Fsp3) is 0.667. The predicted molar refractivity (Wildman–Crippen MR) is 87.9 cm³/mol. The van der Waals surface area contributed by atoms with Crippen LogP contribution in [0.1, 0.15) is 69.3 Å². The highest BCUT2D eigenvalue weighted by molar-refractivity contribution is 9.09. The minimum Gasteiger partial charge on any atom is -0.0836 e. The standard InChI is InChI=1S/C18H27Br/c1-5-18(3,4)15-11-9-14(10-12-15)17(19)16-8-6-7-13(16)2/h9-13,16-17H,5-8H2,1-4H3. The van der Waals surface area contributed by atoms with Crippen molar-refractivity contribution in [2.45, 2.75) is 63.6 Å². The molecule has 0 nitrogen and oxygen atoms in total. The maximum absolute atomic E-state index is 3.95. The van der Waals surface area contributed by atoms with E-state index in [-0.39, 0.29) is 0 Å². The van der Waals surface area contributed by atoms with E-state index in [1.807, 2.05) is 0 Å². The Kier molecular flexibility index (Phi) is 4.76. The van der Waals surface area contributed by atoms with Gasteiger partial charge in [-0.3, -0.25) is 0 Å². The molecule has 3 unspecified atom stereocenters. The van der Waals surface area contributed by atoms with Crippen LogP contribution in [-0.2, 0) is 5.41 Å². The minimum absolute atomic E-state index is 0.293. The van der Waals surface area contributed by atoms with Crippen molar-refractivity contribution in [1.82, 2.24) is 0 Å². The summed E-state index contributed by atoms with van der Waals surface area (Å²) in [4.78, 5) is 0.531. The normalized spacial score (nSPS) is 25.5. The Bertz CT molecular complexity index is 404. The molecular formula is C18H27Br. The topological polar surface area (TPSA) is 0 Å². The van der Waals surface area contributed by atoms with E-state index in [1.165, 1.54) is 36.8 Å². The van der Waals surface area contributed by atoms with E-state index in [4.69, 9.17) is 0 Å². The molecule has 106 valence electrons. The van der Waals surface area contributed by atoms with Crippen LogP contribution in [0.2, 0.25) is 0 Å². The maximum Gasteiger partial charge on any atom is 0.0426 e. The largest absolute Gasteiger partial charge is 0.0836 e. The molecule has 0 spiro atoms. The number of halogens is 1. The van der Waals surface area contributed by atoms with E-state index in [0.29, 0.717) is 10.2 Å². The van der Waals surface area contributed by atoms with E-state index >= 15 is 0 Å². The average Bonchev–Trinajstić information content (AvgIpc) is 2.84. The highest BCUT2D eigenvalue weighted by Gasteiger charge is 2.30. The van der Waals surface area contributed by atoms with E-state index < -0.39 is 0 Å². The molecule has 1 saturated carbocycles. The zero-order chi connectivity index (χ0) is 14.0. The second kappa shape index (κ2) is 5.99. The Labute approximate surface area is 127 Å². The summed E-state index contributed by atoms with van der Waals surface area (Å²) in [5.41, 5.74) is 3.20. The highest BCUT2D eigenvalue weighted by atomic mass is 79.9. The van der Waals surface area contributed by atoms with Crippen LogP contribution in [0.3, 0.4) is 0 Å². The summed E-state index contributed by atoms with van der Waals surface area (Å²) in [5, 5.41) is 0. The first-order valence-corrected chi connectivity index (χ1v) is 8.62. The lowest BCUT2D eigenvalue weighted by atomic mass is 9.81. The summed E-state index contributed by atoms with van der Waals surface area (Å²) < 4.78 is 0. The van der Waals surface area contributed by atoms with Crippen LogP contribution in [0.15, 0.2) is 24.3 Å². The van der Waals surface area contributed by atoms with Crippen molar-refractivity contribution in [2.24, 2.45) is 11.8 Å². The molecule has 1 aromatic carbocycles. The van der Waals surface area contributed by atoms with Gasteiger partial charge >= 0.3 is 0 Å². The molecule has 0 heterocycles. The first-order valence-electron chi connectivity index (χ1n) is 7.70. The van der Waals surface area contributed by atoms with Crippen molar-refractivity contribution in [3.8, 4) is 0 Å². The lowest BCUT2D eigenvalue weighted by Crippen LogP contribution is -2.16. The van der Waals surface area contributed by atoms with Gasteiger partial charge in [-0.1, -0.05) is 80.7 Å². The number of hydrogen-bond acceptors (Lipinski definition) is 0.